The molecule has 2 saturated heterocycles. The summed E-state index contributed by atoms with van der Waals surface area (Å²) in [5.74, 6) is 0.323. The van der Waals surface area contributed by atoms with Crippen molar-refractivity contribution in [3.63, 3.8) is 0 Å². The summed E-state index contributed by atoms with van der Waals surface area (Å²) < 4.78 is 13.2. The molecule has 0 spiro atoms. The second-order valence-corrected chi connectivity index (χ2v) is 10.3. The van der Waals surface area contributed by atoms with Crippen molar-refractivity contribution in [2.75, 3.05) is 32.1 Å². The number of hydrogen-bond donors (Lipinski definition) is 1. The molecule has 4 rings (SSSR count). The zero-order chi connectivity index (χ0) is 24.2. The Morgan fingerprint density at radius 2 is 1.85 bits per heavy atom. The predicted molar refractivity (Wildman–Crippen MR) is 129 cm³/mol. The zero-order valence-electron chi connectivity index (χ0n) is 19.9. The Labute approximate surface area is 204 Å². The van der Waals surface area contributed by atoms with Gasteiger partial charge in [-0.15, -0.1) is 0 Å². The zero-order valence-corrected chi connectivity index (χ0v) is 20.7. The minimum atomic E-state index is -0.554. The molecule has 8 nitrogen and oxygen atoms in total. The highest BCUT2D eigenvalue weighted by Crippen LogP contribution is 2.32. The van der Waals surface area contributed by atoms with Crippen LogP contribution < -0.4 is 5.32 Å². The van der Waals surface area contributed by atoms with Crippen LogP contribution in [-0.2, 0) is 16.1 Å². The van der Waals surface area contributed by atoms with Crippen molar-refractivity contribution in [2.45, 2.75) is 63.3 Å². The summed E-state index contributed by atoms with van der Waals surface area (Å²) in [6, 6.07) is 5.26. The van der Waals surface area contributed by atoms with Crippen LogP contribution in [-0.4, -0.2) is 88.1 Å². The molecule has 2 aliphatic heterocycles. The summed E-state index contributed by atoms with van der Waals surface area (Å²) in [6.07, 6.45) is 7.32. The first kappa shape index (κ1) is 24.8. The van der Waals surface area contributed by atoms with E-state index in [1.165, 1.54) is 18.6 Å². The third-order valence-electron chi connectivity index (χ3n) is 7.06. The van der Waals surface area contributed by atoms with Crippen molar-refractivity contribution in [2.24, 2.45) is 0 Å². The molecular weight excluding hydrogens is 457 g/mol. The molecule has 3 fully saturated rings. The molecule has 1 saturated carbocycles. The van der Waals surface area contributed by atoms with E-state index < -0.39 is 12.2 Å². The van der Waals surface area contributed by atoms with E-state index in [1.54, 1.807) is 45.9 Å². The van der Waals surface area contributed by atoms with Gasteiger partial charge in [-0.25, -0.2) is 19.2 Å². The number of nitrogens with zero attached hydrogens (tertiary/aromatic N) is 4. The normalized spacial score (nSPS) is 24.4. The van der Waals surface area contributed by atoms with Crippen LogP contribution >= 0.6 is 11.8 Å². The highest BCUT2D eigenvalue weighted by atomic mass is 32.2. The van der Waals surface area contributed by atoms with E-state index in [4.69, 9.17) is 0 Å². The Kier molecular flexibility index (Phi) is 7.98. The van der Waals surface area contributed by atoms with Gasteiger partial charge < -0.3 is 15.1 Å². The minimum absolute atomic E-state index is 0.0155. The van der Waals surface area contributed by atoms with Crippen molar-refractivity contribution in [1.29, 1.82) is 0 Å². The van der Waals surface area contributed by atoms with Crippen LogP contribution in [0.25, 0.3) is 0 Å². The second kappa shape index (κ2) is 10.9. The van der Waals surface area contributed by atoms with Crippen LogP contribution in [0.5, 0.6) is 0 Å². The molecule has 0 radical (unpaired) electrons. The highest BCUT2D eigenvalue weighted by Gasteiger charge is 2.51. The number of halogens is 1. The van der Waals surface area contributed by atoms with Crippen molar-refractivity contribution < 1.29 is 18.8 Å². The highest BCUT2D eigenvalue weighted by molar-refractivity contribution is 7.98. The number of benzene rings is 1. The number of carbonyl (C=O) groups excluding carboxylic acids is 3. The van der Waals surface area contributed by atoms with E-state index >= 15 is 0 Å². The maximum atomic E-state index is 13.6. The fourth-order valence-corrected chi connectivity index (χ4v) is 5.81. The van der Waals surface area contributed by atoms with E-state index in [9.17, 15) is 18.8 Å². The molecule has 186 valence electrons. The Hall–Kier alpha value is -2.33. The SMILES string of the molecule is CSCC[C@H]1C(=O)N(C2CCCCC2)C[C@H]2N1C(=O)CN(C)N2C(=O)NCc1ccc(F)cc1. The van der Waals surface area contributed by atoms with Gasteiger partial charge in [-0.1, -0.05) is 31.4 Å². The smallest absolute Gasteiger partial charge is 0.334 e. The number of urea groups is 1. The van der Waals surface area contributed by atoms with E-state index in [0.29, 0.717) is 13.0 Å². The van der Waals surface area contributed by atoms with E-state index in [2.05, 4.69) is 5.32 Å². The van der Waals surface area contributed by atoms with Gasteiger partial charge in [0.05, 0.1) is 13.1 Å². The molecule has 0 aromatic heterocycles. The molecule has 2 heterocycles. The van der Waals surface area contributed by atoms with Gasteiger partial charge in [-0.3, -0.25) is 9.59 Å². The average Bonchev–Trinajstić information content (AvgIpc) is 2.83. The van der Waals surface area contributed by atoms with E-state index in [1.807, 2.05) is 11.2 Å². The van der Waals surface area contributed by atoms with Crippen LogP contribution in [0, 0.1) is 5.82 Å². The van der Waals surface area contributed by atoms with Crippen LogP contribution in [0.4, 0.5) is 9.18 Å². The van der Waals surface area contributed by atoms with E-state index in [0.717, 1.165) is 37.0 Å². The summed E-state index contributed by atoms with van der Waals surface area (Å²) >= 11 is 1.65. The number of carbonyl (C=O) groups is 3. The molecule has 0 bridgehead atoms. The molecule has 1 aromatic rings. The number of amides is 4. The number of hydrogen-bond acceptors (Lipinski definition) is 5. The van der Waals surface area contributed by atoms with Gasteiger partial charge in [0, 0.05) is 19.6 Å². The summed E-state index contributed by atoms with van der Waals surface area (Å²) in [5, 5.41) is 6.13. The van der Waals surface area contributed by atoms with Gasteiger partial charge >= 0.3 is 6.03 Å². The Morgan fingerprint density at radius 1 is 1.15 bits per heavy atom. The second-order valence-electron chi connectivity index (χ2n) is 9.31. The van der Waals surface area contributed by atoms with Gasteiger partial charge in [0.25, 0.3) is 0 Å². The van der Waals surface area contributed by atoms with Gasteiger partial charge in [0.2, 0.25) is 11.8 Å². The van der Waals surface area contributed by atoms with E-state index in [-0.39, 0.29) is 42.8 Å². The maximum Gasteiger partial charge on any atom is 0.334 e. The maximum absolute atomic E-state index is 13.6. The van der Waals surface area contributed by atoms with Gasteiger partial charge in [-0.05, 0) is 49.0 Å². The first-order valence-electron chi connectivity index (χ1n) is 12.0. The topological polar surface area (TPSA) is 76.2 Å². The summed E-state index contributed by atoms with van der Waals surface area (Å²) in [6.45, 7) is 0.595. The third kappa shape index (κ3) is 5.17. The largest absolute Gasteiger partial charge is 0.334 e. The lowest BCUT2D eigenvalue weighted by Crippen LogP contribution is -2.76. The molecule has 0 unspecified atom stereocenters. The van der Waals surface area contributed by atoms with Crippen LogP contribution in [0.15, 0.2) is 24.3 Å². The Morgan fingerprint density at radius 3 is 2.53 bits per heavy atom. The molecule has 1 aromatic carbocycles. The van der Waals surface area contributed by atoms with Crippen LogP contribution in [0.1, 0.15) is 44.1 Å². The minimum Gasteiger partial charge on any atom is -0.334 e. The number of piperazine rings is 1. The monoisotopic (exact) mass is 491 g/mol. The number of nitrogens with one attached hydrogen (secondary N) is 1. The quantitative estimate of drug-likeness (QED) is 0.662. The third-order valence-corrected chi connectivity index (χ3v) is 7.71. The molecule has 4 amide bonds. The molecule has 3 aliphatic rings. The van der Waals surface area contributed by atoms with Crippen molar-refractivity contribution >= 4 is 29.6 Å². The number of hydrazine groups is 1. The molecular formula is C24H34FN5O3S. The first-order valence-corrected chi connectivity index (χ1v) is 13.4. The lowest BCUT2D eigenvalue weighted by Gasteiger charge is -2.55. The number of thioether (sulfide) groups is 1. The fourth-order valence-electron chi connectivity index (χ4n) is 5.35. The summed E-state index contributed by atoms with van der Waals surface area (Å²) in [7, 11) is 1.73. The average molecular weight is 492 g/mol. The van der Waals surface area contributed by atoms with Crippen molar-refractivity contribution in [3.8, 4) is 0 Å². The lowest BCUT2D eigenvalue weighted by atomic mass is 9.92. The first-order chi connectivity index (χ1) is 16.4. The summed E-state index contributed by atoms with van der Waals surface area (Å²) in [5.41, 5.74) is 0.780. The van der Waals surface area contributed by atoms with Gasteiger partial charge in [-0.2, -0.15) is 11.8 Å². The lowest BCUT2D eigenvalue weighted by molar-refractivity contribution is -0.189. The number of likely N-dealkylation sites (N-methyl/N-ethyl adjacent to an activating group) is 1. The van der Waals surface area contributed by atoms with Crippen LogP contribution in [0.3, 0.4) is 0 Å². The van der Waals surface area contributed by atoms with Gasteiger partial charge in [0.15, 0.2) is 0 Å². The standard InChI is InChI=1S/C24H34FN5O3S/c1-27-16-22(31)29-20(12-13-34-2)23(32)28(19-6-4-3-5-7-19)15-21(29)30(27)24(33)26-14-17-8-10-18(25)11-9-17/h8-11,19-21H,3-7,12-16H2,1-2H3,(H,26,33)/t20-,21-/m0/s1. The molecule has 1 N–H and O–H groups in total. The molecule has 10 heteroatoms. The van der Waals surface area contributed by atoms with Gasteiger partial charge in [0.1, 0.15) is 18.0 Å². The molecule has 34 heavy (non-hydrogen) atoms. The number of rotatable bonds is 6. The number of fused-ring (bicyclic) bond motifs is 1. The van der Waals surface area contributed by atoms with Crippen molar-refractivity contribution in [3.05, 3.63) is 35.6 Å². The Bertz CT molecular complexity index is 895. The van der Waals surface area contributed by atoms with Crippen LogP contribution in [0.2, 0.25) is 0 Å². The predicted octanol–water partition coefficient (Wildman–Crippen LogP) is 2.65. The molecule has 1 aliphatic carbocycles. The summed E-state index contributed by atoms with van der Waals surface area (Å²) in [4.78, 5) is 43.7. The van der Waals surface area contributed by atoms with Crippen molar-refractivity contribution in [1.82, 2.24) is 25.1 Å². The molecule has 2 atom stereocenters. The Balaban J connectivity index is 1.57. The fraction of sp³-hybridized carbons (Fsp3) is 0.625.